The molecule has 1 fully saturated rings. The SMILES string of the molecule is Cc1cc(/C=C2\SC(=Nc3ccccc3)N(CCCc3ccccc3)C2=O)c(C)n1-c1sc2c(c1C(=O)O)CCCC2. The van der Waals surface area contributed by atoms with Gasteiger partial charge in [-0.3, -0.25) is 9.69 Å². The van der Waals surface area contributed by atoms with Gasteiger partial charge in [0.1, 0.15) is 5.00 Å². The van der Waals surface area contributed by atoms with E-state index < -0.39 is 5.97 Å². The predicted octanol–water partition coefficient (Wildman–Crippen LogP) is 7.97. The van der Waals surface area contributed by atoms with E-state index in [9.17, 15) is 14.7 Å². The molecule has 0 saturated carbocycles. The Bertz CT molecular complexity index is 1700. The summed E-state index contributed by atoms with van der Waals surface area (Å²) in [5, 5.41) is 11.6. The second kappa shape index (κ2) is 12.2. The summed E-state index contributed by atoms with van der Waals surface area (Å²) in [7, 11) is 0. The zero-order valence-corrected chi connectivity index (χ0v) is 25.4. The lowest BCUT2D eigenvalue weighted by Gasteiger charge is -2.15. The Kier molecular flexibility index (Phi) is 8.18. The monoisotopic (exact) mass is 595 g/mol. The number of rotatable bonds is 8. The van der Waals surface area contributed by atoms with Gasteiger partial charge in [0.15, 0.2) is 5.17 Å². The maximum atomic E-state index is 13.8. The molecule has 1 amide bonds. The van der Waals surface area contributed by atoms with Crippen LogP contribution in [-0.4, -0.2) is 38.2 Å². The summed E-state index contributed by atoms with van der Waals surface area (Å²) in [6.07, 6.45) is 7.53. The normalized spacial score (nSPS) is 16.9. The smallest absolute Gasteiger partial charge is 0.339 e. The van der Waals surface area contributed by atoms with E-state index in [1.807, 2.05) is 74.5 Å². The number of thioether (sulfide) groups is 1. The molecule has 1 N–H and O–H groups in total. The first-order valence-electron chi connectivity index (χ1n) is 14.4. The molecule has 4 aromatic rings. The Hall–Kier alpha value is -3.88. The number of benzene rings is 2. The number of carboxylic acids is 1. The van der Waals surface area contributed by atoms with Gasteiger partial charge >= 0.3 is 5.97 Å². The van der Waals surface area contributed by atoms with Gasteiger partial charge in [-0.05, 0) is 105 Å². The molecule has 0 radical (unpaired) electrons. The molecule has 2 aromatic carbocycles. The molecule has 1 aliphatic heterocycles. The number of amides is 1. The fourth-order valence-corrected chi connectivity index (χ4v) is 8.31. The second-order valence-corrected chi connectivity index (χ2v) is 12.8. The van der Waals surface area contributed by atoms with Crippen molar-refractivity contribution in [3.63, 3.8) is 0 Å². The van der Waals surface area contributed by atoms with Crippen LogP contribution in [0.15, 0.2) is 76.6 Å². The number of aliphatic imine (C=N–C) groups is 1. The van der Waals surface area contributed by atoms with Gasteiger partial charge in [-0.25, -0.2) is 9.79 Å². The fourth-order valence-electron chi connectivity index (χ4n) is 5.80. The Labute approximate surface area is 254 Å². The number of carbonyl (C=O) groups is 2. The van der Waals surface area contributed by atoms with Gasteiger partial charge in [-0.2, -0.15) is 0 Å². The molecule has 0 bridgehead atoms. The Morgan fingerprint density at radius 3 is 2.48 bits per heavy atom. The van der Waals surface area contributed by atoms with Crippen LogP contribution in [-0.2, 0) is 24.1 Å². The molecule has 0 unspecified atom stereocenters. The number of fused-ring (bicyclic) bond motifs is 1. The van der Waals surface area contributed by atoms with Gasteiger partial charge in [0.2, 0.25) is 0 Å². The average Bonchev–Trinajstić information content (AvgIpc) is 3.60. The highest BCUT2D eigenvalue weighted by molar-refractivity contribution is 8.18. The molecule has 2 aliphatic rings. The molecule has 6 nitrogen and oxygen atoms in total. The molecule has 0 atom stereocenters. The molecule has 1 aliphatic carbocycles. The number of thiophene rings is 1. The predicted molar refractivity (Wildman–Crippen MR) is 172 cm³/mol. The summed E-state index contributed by atoms with van der Waals surface area (Å²) in [4.78, 5) is 34.6. The molecule has 2 aromatic heterocycles. The largest absolute Gasteiger partial charge is 0.478 e. The minimum Gasteiger partial charge on any atom is -0.478 e. The zero-order chi connectivity index (χ0) is 29.2. The Morgan fingerprint density at radius 2 is 1.74 bits per heavy atom. The van der Waals surface area contributed by atoms with Crippen LogP contribution < -0.4 is 0 Å². The van der Waals surface area contributed by atoms with Crippen molar-refractivity contribution in [2.24, 2.45) is 4.99 Å². The van der Waals surface area contributed by atoms with Gasteiger partial charge in [-0.15, -0.1) is 11.3 Å². The van der Waals surface area contributed by atoms with Gasteiger partial charge in [-0.1, -0.05) is 48.5 Å². The second-order valence-electron chi connectivity index (χ2n) is 10.7. The Morgan fingerprint density at radius 1 is 1.02 bits per heavy atom. The van der Waals surface area contributed by atoms with E-state index in [-0.39, 0.29) is 5.91 Å². The molecule has 3 heterocycles. The summed E-state index contributed by atoms with van der Waals surface area (Å²) in [6, 6.07) is 22.1. The van der Waals surface area contributed by atoms with Gasteiger partial charge in [0.05, 0.1) is 16.2 Å². The van der Waals surface area contributed by atoms with Gasteiger partial charge in [0, 0.05) is 22.8 Å². The van der Waals surface area contributed by atoms with E-state index in [0.29, 0.717) is 22.2 Å². The maximum Gasteiger partial charge on any atom is 0.339 e. The highest BCUT2D eigenvalue weighted by Crippen LogP contribution is 2.40. The number of hydrogen-bond acceptors (Lipinski definition) is 5. The number of hydrogen-bond donors (Lipinski definition) is 1. The van der Waals surface area contributed by atoms with E-state index >= 15 is 0 Å². The number of carbonyl (C=O) groups excluding carboxylic acids is 1. The van der Waals surface area contributed by atoms with Crippen LogP contribution in [0.2, 0.25) is 0 Å². The van der Waals surface area contributed by atoms with Crippen LogP contribution in [0, 0.1) is 13.8 Å². The summed E-state index contributed by atoms with van der Waals surface area (Å²) in [5.74, 6) is -0.920. The average molecular weight is 596 g/mol. The first-order chi connectivity index (χ1) is 20.4. The van der Waals surface area contributed by atoms with Crippen LogP contribution >= 0.6 is 23.1 Å². The summed E-state index contributed by atoms with van der Waals surface area (Å²) >= 11 is 3.00. The standard InChI is InChI=1S/C34H33N3O3S2/c1-22-20-25(23(2)37(22)32-30(33(39)40)27-17-9-10-18-28(27)41-32)21-29-31(38)36(19-11-14-24-12-5-3-6-13-24)34(42-29)35-26-15-7-4-8-16-26/h3-8,12-13,15-16,20-21H,9-11,14,17-19H2,1-2H3,(H,39,40)/b29-21-,35-34?. The number of aromatic nitrogens is 1. The lowest BCUT2D eigenvalue weighted by molar-refractivity contribution is -0.122. The number of nitrogens with zero attached hydrogens (tertiary/aromatic N) is 3. The lowest BCUT2D eigenvalue weighted by atomic mass is 9.95. The minimum absolute atomic E-state index is 0.0506. The highest BCUT2D eigenvalue weighted by Gasteiger charge is 2.34. The van der Waals surface area contributed by atoms with Crippen molar-refractivity contribution >= 4 is 51.9 Å². The third kappa shape index (κ3) is 5.61. The quantitative estimate of drug-likeness (QED) is 0.210. The van der Waals surface area contributed by atoms with Crippen molar-refractivity contribution in [1.29, 1.82) is 0 Å². The number of carboxylic acid groups (broad SMARTS) is 1. The van der Waals surface area contributed by atoms with Crippen LogP contribution in [0.1, 0.15) is 62.6 Å². The number of aromatic carboxylic acids is 1. The first kappa shape index (κ1) is 28.2. The third-order valence-electron chi connectivity index (χ3n) is 7.89. The van der Waals surface area contributed by atoms with Crippen molar-refractivity contribution in [2.75, 3.05) is 6.54 Å². The minimum atomic E-state index is -0.869. The van der Waals surface area contributed by atoms with Gasteiger partial charge < -0.3 is 9.67 Å². The molecular weight excluding hydrogens is 563 g/mol. The van der Waals surface area contributed by atoms with E-state index in [1.165, 1.54) is 22.2 Å². The molecule has 214 valence electrons. The van der Waals surface area contributed by atoms with Crippen molar-refractivity contribution in [2.45, 2.75) is 52.4 Å². The zero-order valence-electron chi connectivity index (χ0n) is 23.8. The topological polar surface area (TPSA) is 74.9 Å². The van der Waals surface area contributed by atoms with E-state index in [4.69, 9.17) is 4.99 Å². The van der Waals surface area contributed by atoms with Crippen molar-refractivity contribution in [3.8, 4) is 5.00 Å². The molecule has 6 rings (SSSR count). The molecule has 0 spiro atoms. The maximum absolute atomic E-state index is 13.8. The van der Waals surface area contributed by atoms with Crippen LogP contribution in [0.5, 0.6) is 0 Å². The van der Waals surface area contributed by atoms with Crippen molar-refractivity contribution < 1.29 is 14.7 Å². The fraction of sp³-hybridized carbons (Fsp3) is 0.265. The summed E-state index contributed by atoms with van der Waals surface area (Å²) in [6.45, 7) is 4.58. The molecule has 42 heavy (non-hydrogen) atoms. The van der Waals surface area contributed by atoms with Gasteiger partial charge in [0.25, 0.3) is 5.91 Å². The van der Waals surface area contributed by atoms with Crippen LogP contribution in [0.4, 0.5) is 5.69 Å². The van der Waals surface area contributed by atoms with E-state index in [1.54, 1.807) is 16.2 Å². The molecule has 1 saturated heterocycles. The Balaban J connectivity index is 1.33. The number of amidine groups is 1. The number of aryl methyl sites for hydroxylation is 3. The van der Waals surface area contributed by atoms with E-state index in [0.717, 1.165) is 71.7 Å². The highest BCUT2D eigenvalue weighted by atomic mass is 32.2. The number of para-hydroxylation sites is 1. The third-order valence-corrected chi connectivity index (χ3v) is 10.2. The first-order valence-corrected chi connectivity index (χ1v) is 16.0. The molecular formula is C34H33N3O3S2. The van der Waals surface area contributed by atoms with E-state index in [2.05, 4.69) is 16.7 Å². The van der Waals surface area contributed by atoms with Crippen LogP contribution in [0.3, 0.4) is 0 Å². The summed E-state index contributed by atoms with van der Waals surface area (Å²) in [5.41, 5.74) is 6.28. The lowest BCUT2D eigenvalue weighted by Crippen LogP contribution is -2.30. The van der Waals surface area contributed by atoms with Crippen LogP contribution in [0.25, 0.3) is 11.1 Å². The molecule has 8 heteroatoms. The summed E-state index contributed by atoms with van der Waals surface area (Å²) < 4.78 is 2.06. The van der Waals surface area contributed by atoms with Crippen molar-refractivity contribution in [3.05, 3.63) is 110 Å². The van der Waals surface area contributed by atoms with Crippen molar-refractivity contribution in [1.82, 2.24) is 9.47 Å².